The van der Waals surface area contributed by atoms with Gasteiger partial charge >= 0.3 is 35.8 Å². The number of carbonyl (C=O) groups is 7. The molecule has 0 aliphatic carbocycles. The molecule has 1 aromatic carbocycles. The standard InChI is InChI=1S/C68H74N8O11.C21H22N4O6S/c1-29-41(13-17-61(79)80)53-28-56-44(16-20-64(85)86)32(4)48(72-56)24-59-68(36(8)52(76-59)25-58-65(37(9)77)33(5)49(73-58)21-45(29)69-53)40(12)87-39(11)67-35(7)50-22-46-30(2)42(14-18-62(81)82)54(70-46)27-55-43(15-19-63(83)84)31(3)47(71-55)23-57-66(38(10)78)34(6)51(74-57)26-60(67)75-50;1-11-22-14-4-3-12(9-13(14)19(28)23-11)10-25(2)17-7-6-16(32-17)20(29)24-15(21(30)31)5-8-18(26)27/h21-28,37-40,71-73,75,77-78H,13-20H2,1-12H3,(H,79,80)(H,81,82)(H,83,84)(H,85,86);3-4,6-7,9,15H,5,8,10H2,1-2H3,(H,24,29)(H,26,27)(H,30,31)(H,22,23,28)/t;15-/m.0/s1. The highest BCUT2D eigenvalue weighted by atomic mass is 32.1. The number of aryl methyl sites for hydroxylation is 7. The summed E-state index contributed by atoms with van der Waals surface area (Å²) < 4.78 is 7.26. The predicted molar refractivity (Wildman–Crippen MR) is 457 cm³/mol. The fourth-order valence-corrected chi connectivity index (χ4v) is 17.1. The van der Waals surface area contributed by atoms with Gasteiger partial charge in [0, 0.05) is 112 Å². The number of aliphatic hydroxyl groups is 2. The Balaban J connectivity index is 0.000000339. The maximum Gasteiger partial charge on any atom is 0.326 e. The molecule has 4 aliphatic heterocycles. The molecule has 0 spiro atoms. The van der Waals surface area contributed by atoms with Gasteiger partial charge < -0.3 is 80.7 Å². The number of carbonyl (C=O) groups excluding carboxylic acids is 1. The molecule has 1 amide bonds. The van der Waals surface area contributed by atoms with Crippen molar-refractivity contribution in [2.24, 2.45) is 0 Å². The van der Waals surface area contributed by atoms with Crippen LogP contribution in [0.15, 0.2) is 83.7 Å². The Hall–Kier alpha value is -12.8. The number of aliphatic carboxylic acids is 6. The Bertz CT molecular complexity index is 6280. The van der Waals surface area contributed by atoms with Gasteiger partial charge in [0.1, 0.15) is 11.9 Å². The zero-order chi connectivity index (χ0) is 86.2. The van der Waals surface area contributed by atoms with E-state index in [0.29, 0.717) is 129 Å². The number of rotatable bonds is 27. The second-order valence-electron chi connectivity index (χ2n) is 30.7. The molecule has 8 aromatic heterocycles. The molecule has 620 valence electrons. The van der Waals surface area contributed by atoms with E-state index in [1.807, 2.05) is 136 Å². The zero-order valence-electron chi connectivity index (χ0n) is 68.5. The highest BCUT2D eigenvalue weighted by Gasteiger charge is 2.31. The van der Waals surface area contributed by atoms with E-state index < -0.39 is 72.2 Å². The first-order chi connectivity index (χ1) is 56.3. The normalized spacial score (nSPS) is 14.1. The number of H-pyrrole nitrogens is 5. The molecule has 13 rings (SSSR count). The lowest BCUT2D eigenvalue weighted by molar-refractivity contribution is -0.141. The minimum Gasteiger partial charge on any atom is -0.481 e. The SMILES string of the molecule is CC1=C(CCC(=O)O)c2cc3[nH]c(cc4nc(cc5[nH]c(cc1n2)c(C)c5C(C)OC(C)C1=C(C)c2cc5[nH]c(cc6nc(cc7[nH]c(cc1n2)c(C)c7CCC(=O)O)C(CCC(=O)O)=C6C)c(C)c5C(C)O)C(C)=C4C(C)O)c(C)c3CCC(=O)O.Cc1nc2ccc(CN(C)c3ccc(C(=O)N[C@@H](CCC(=O)O)C(=O)O)s3)cc2c(=O)[nH]1. The van der Waals surface area contributed by atoms with Gasteiger partial charge in [-0.05, 0) is 267 Å². The van der Waals surface area contributed by atoms with E-state index in [9.17, 15) is 74.1 Å². The molecule has 4 aliphatic rings. The Morgan fingerprint density at radius 1 is 0.454 bits per heavy atom. The molecule has 119 heavy (non-hydrogen) atoms. The van der Waals surface area contributed by atoms with Gasteiger partial charge in [0.25, 0.3) is 11.5 Å². The topological polar surface area (TPSA) is 466 Å². The van der Waals surface area contributed by atoms with Crippen molar-refractivity contribution in [3.8, 4) is 0 Å². The van der Waals surface area contributed by atoms with Crippen molar-refractivity contribution in [1.82, 2.24) is 55.2 Å². The second kappa shape index (κ2) is 35.2. The van der Waals surface area contributed by atoms with Crippen LogP contribution in [0.1, 0.15) is 230 Å². The number of aromatic amines is 5. The van der Waals surface area contributed by atoms with Crippen LogP contribution in [0.3, 0.4) is 0 Å². The molecule has 30 heteroatoms. The number of carboxylic acid groups (broad SMARTS) is 6. The number of fused-ring (bicyclic) bond motifs is 17. The number of amides is 1. The quantitative estimate of drug-likeness (QED) is 0.0227. The zero-order valence-corrected chi connectivity index (χ0v) is 69.3. The number of nitrogens with one attached hydrogen (secondary N) is 6. The maximum absolute atomic E-state index is 12.4. The average Bonchev–Trinajstić information content (AvgIpc) is 1.57. The smallest absolute Gasteiger partial charge is 0.326 e. The Morgan fingerprint density at radius 3 is 1.38 bits per heavy atom. The van der Waals surface area contributed by atoms with Crippen molar-refractivity contribution < 1.29 is 79.2 Å². The van der Waals surface area contributed by atoms with Crippen LogP contribution in [0.2, 0.25) is 0 Å². The van der Waals surface area contributed by atoms with Crippen LogP contribution in [-0.2, 0) is 52.9 Å². The van der Waals surface area contributed by atoms with Gasteiger partial charge in [-0.15, -0.1) is 11.3 Å². The van der Waals surface area contributed by atoms with Gasteiger partial charge in [-0.25, -0.2) is 29.7 Å². The number of ether oxygens (including phenoxy) is 1. The fourth-order valence-electron chi connectivity index (χ4n) is 16.2. The predicted octanol–water partition coefficient (Wildman–Crippen LogP) is 15.2. The number of aliphatic hydroxyl groups excluding tert-OH is 2. The monoisotopic (exact) mass is 1640 g/mol. The lowest BCUT2D eigenvalue weighted by Gasteiger charge is -2.22. The summed E-state index contributed by atoms with van der Waals surface area (Å²) in [7, 11) is 1.84. The fraction of sp³-hybridized carbons (Fsp3) is 0.337. The third-order valence-electron chi connectivity index (χ3n) is 22.4. The maximum atomic E-state index is 12.4. The first-order valence-corrected chi connectivity index (χ1v) is 39.9. The molecule has 29 nitrogen and oxygen atoms in total. The minimum absolute atomic E-state index is 0.121. The molecule has 0 radical (unpaired) electrons. The van der Waals surface area contributed by atoms with Crippen LogP contribution in [-0.4, -0.2) is 158 Å². The molecule has 16 bridgehead atoms. The van der Waals surface area contributed by atoms with Gasteiger partial charge in [-0.3, -0.25) is 33.6 Å². The van der Waals surface area contributed by atoms with Crippen LogP contribution in [0.5, 0.6) is 0 Å². The lowest BCUT2D eigenvalue weighted by Crippen LogP contribution is -2.40. The van der Waals surface area contributed by atoms with Crippen molar-refractivity contribution in [2.45, 2.75) is 191 Å². The number of allylic oxidation sites excluding steroid dienone is 6. The summed E-state index contributed by atoms with van der Waals surface area (Å²) in [5.74, 6) is -6.27. The van der Waals surface area contributed by atoms with Crippen molar-refractivity contribution in [3.63, 3.8) is 0 Å². The average molecular weight is 1640 g/mol. The third kappa shape index (κ3) is 18.5. The number of hydrogen-bond acceptors (Lipinski definition) is 18. The van der Waals surface area contributed by atoms with Crippen LogP contribution in [0.4, 0.5) is 5.00 Å². The number of nitrogens with zero attached hydrogens (tertiary/aromatic N) is 6. The summed E-state index contributed by atoms with van der Waals surface area (Å²) in [5, 5.41) is 83.8. The number of hydrogen-bond donors (Lipinski definition) is 14. The van der Waals surface area contributed by atoms with Crippen molar-refractivity contribution in [1.29, 1.82) is 0 Å². The number of anilines is 1. The van der Waals surface area contributed by atoms with Crippen molar-refractivity contribution in [3.05, 3.63) is 196 Å². The van der Waals surface area contributed by atoms with Crippen LogP contribution in [0, 0.1) is 34.6 Å². The summed E-state index contributed by atoms with van der Waals surface area (Å²) in [6.45, 7) is 25.1. The highest BCUT2D eigenvalue weighted by molar-refractivity contribution is 7.18. The third-order valence-corrected chi connectivity index (χ3v) is 23.6. The molecule has 12 heterocycles. The molecule has 9 aromatic rings. The van der Waals surface area contributed by atoms with E-state index >= 15 is 0 Å². The van der Waals surface area contributed by atoms with Gasteiger partial charge in [0.2, 0.25) is 0 Å². The Kier molecular flexibility index (Phi) is 25.3. The first kappa shape index (κ1) is 85.6. The summed E-state index contributed by atoms with van der Waals surface area (Å²) >= 11 is 1.18. The molecule has 0 saturated heterocycles. The van der Waals surface area contributed by atoms with Crippen LogP contribution in [0.25, 0.3) is 99.6 Å². The number of benzene rings is 1. The molecule has 5 atom stereocenters. The van der Waals surface area contributed by atoms with Gasteiger partial charge in [0.15, 0.2) is 0 Å². The number of carboxylic acids is 6. The summed E-state index contributed by atoms with van der Waals surface area (Å²) in [6, 6.07) is 22.8. The summed E-state index contributed by atoms with van der Waals surface area (Å²) in [4.78, 5) is 139. The first-order valence-electron chi connectivity index (χ1n) is 39.1. The lowest BCUT2D eigenvalue weighted by atomic mass is 9.99. The van der Waals surface area contributed by atoms with E-state index in [-0.39, 0.29) is 69.8 Å². The van der Waals surface area contributed by atoms with E-state index in [0.717, 1.165) is 88.5 Å². The van der Waals surface area contributed by atoms with Crippen LogP contribution >= 0.6 is 11.3 Å². The van der Waals surface area contributed by atoms with E-state index in [1.54, 1.807) is 45.0 Å². The van der Waals surface area contributed by atoms with Crippen molar-refractivity contribution in [2.75, 3.05) is 11.9 Å². The van der Waals surface area contributed by atoms with Crippen molar-refractivity contribution >= 4 is 158 Å². The van der Waals surface area contributed by atoms with E-state index in [2.05, 4.69) is 35.2 Å². The molecular weight excluding hydrogens is 1540 g/mol. The summed E-state index contributed by atoms with van der Waals surface area (Å²) in [6.07, 6.45) is -3.29. The van der Waals surface area contributed by atoms with Gasteiger partial charge in [-0.2, -0.15) is 0 Å². The Labute approximate surface area is 687 Å². The molecule has 0 fully saturated rings. The van der Waals surface area contributed by atoms with E-state index in [4.69, 9.17) is 29.8 Å². The highest BCUT2D eigenvalue weighted by Crippen LogP contribution is 2.43. The van der Waals surface area contributed by atoms with Gasteiger partial charge in [-0.1, -0.05) is 6.07 Å². The molecule has 0 saturated carbocycles. The largest absolute Gasteiger partial charge is 0.481 e. The van der Waals surface area contributed by atoms with Gasteiger partial charge in [0.05, 0.1) is 90.7 Å². The number of aromatic nitrogens is 10. The minimum atomic E-state index is -1.29. The van der Waals surface area contributed by atoms with Crippen LogP contribution < -0.4 is 15.8 Å². The summed E-state index contributed by atoms with van der Waals surface area (Å²) in [5.41, 5.74) is 23.7. The Morgan fingerprint density at radius 2 is 0.882 bits per heavy atom. The molecular formula is C89H96N12O17S. The van der Waals surface area contributed by atoms with E-state index in [1.165, 1.54) is 11.3 Å². The molecule has 14 N–H and O–H groups in total. The second-order valence-corrected chi connectivity index (χ2v) is 31.8. The molecule has 4 unspecified atom stereocenters. The number of thiophene rings is 1.